The van der Waals surface area contributed by atoms with E-state index in [0.29, 0.717) is 16.9 Å². The number of hydrogen-bond donors (Lipinski definition) is 1. The Morgan fingerprint density at radius 3 is 2.61 bits per heavy atom. The SMILES string of the molecule is COc1cc(C(C)CCNCC(C)C)ccc1Cl. The number of ether oxygens (including phenoxy) is 1. The van der Waals surface area contributed by atoms with Crippen LogP contribution in [0.1, 0.15) is 38.7 Å². The predicted octanol–water partition coefficient (Wildman–Crippen LogP) is 4.09. The van der Waals surface area contributed by atoms with E-state index < -0.39 is 0 Å². The molecule has 1 aromatic rings. The molecule has 0 saturated heterocycles. The van der Waals surface area contributed by atoms with Gasteiger partial charge < -0.3 is 10.1 Å². The lowest BCUT2D eigenvalue weighted by atomic mass is 9.97. The fourth-order valence-electron chi connectivity index (χ4n) is 1.86. The first-order chi connectivity index (χ1) is 8.54. The Labute approximate surface area is 116 Å². The van der Waals surface area contributed by atoms with Gasteiger partial charge in [0.1, 0.15) is 5.75 Å². The number of hydrogen-bond acceptors (Lipinski definition) is 2. The van der Waals surface area contributed by atoms with Crippen molar-refractivity contribution in [3.05, 3.63) is 28.8 Å². The van der Waals surface area contributed by atoms with Gasteiger partial charge in [-0.15, -0.1) is 0 Å². The molecule has 2 nitrogen and oxygen atoms in total. The molecule has 0 fully saturated rings. The fourth-order valence-corrected chi connectivity index (χ4v) is 2.05. The molecule has 1 unspecified atom stereocenters. The summed E-state index contributed by atoms with van der Waals surface area (Å²) in [6, 6.07) is 6.03. The number of benzene rings is 1. The highest BCUT2D eigenvalue weighted by molar-refractivity contribution is 6.32. The van der Waals surface area contributed by atoms with Crippen LogP contribution in [-0.2, 0) is 0 Å². The maximum absolute atomic E-state index is 6.03. The van der Waals surface area contributed by atoms with E-state index in [2.05, 4.69) is 32.2 Å². The highest BCUT2D eigenvalue weighted by Gasteiger charge is 2.08. The van der Waals surface area contributed by atoms with E-state index in [1.807, 2.05) is 12.1 Å². The first-order valence-corrected chi connectivity index (χ1v) is 6.96. The Balaban J connectivity index is 2.48. The van der Waals surface area contributed by atoms with Crippen molar-refractivity contribution in [3.8, 4) is 5.75 Å². The Bertz CT molecular complexity index is 366. The number of halogens is 1. The number of nitrogens with one attached hydrogen (secondary N) is 1. The van der Waals surface area contributed by atoms with Crippen LogP contribution in [0.2, 0.25) is 5.02 Å². The first-order valence-electron chi connectivity index (χ1n) is 6.58. The average Bonchev–Trinajstić information content (AvgIpc) is 2.34. The molecule has 0 amide bonds. The third-order valence-corrected chi connectivity index (χ3v) is 3.36. The highest BCUT2D eigenvalue weighted by Crippen LogP contribution is 2.29. The molecule has 0 aromatic heterocycles. The van der Waals surface area contributed by atoms with Gasteiger partial charge in [-0.1, -0.05) is 38.4 Å². The maximum atomic E-state index is 6.03. The Morgan fingerprint density at radius 1 is 1.28 bits per heavy atom. The summed E-state index contributed by atoms with van der Waals surface area (Å²) in [5.74, 6) is 1.97. The van der Waals surface area contributed by atoms with Crippen molar-refractivity contribution in [2.75, 3.05) is 20.2 Å². The van der Waals surface area contributed by atoms with E-state index in [1.165, 1.54) is 5.56 Å². The molecule has 102 valence electrons. The summed E-state index contributed by atoms with van der Waals surface area (Å²) >= 11 is 6.03. The molecule has 0 saturated carbocycles. The number of rotatable bonds is 7. The fraction of sp³-hybridized carbons (Fsp3) is 0.600. The maximum Gasteiger partial charge on any atom is 0.137 e. The second-order valence-corrected chi connectivity index (χ2v) is 5.59. The van der Waals surface area contributed by atoms with Crippen LogP contribution in [-0.4, -0.2) is 20.2 Å². The van der Waals surface area contributed by atoms with Gasteiger partial charge in [-0.3, -0.25) is 0 Å². The van der Waals surface area contributed by atoms with Crippen LogP contribution in [0.4, 0.5) is 0 Å². The van der Waals surface area contributed by atoms with Gasteiger partial charge >= 0.3 is 0 Å². The van der Waals surface area contributed by atoms with Crippen LogP contribution in [0.25, 0.3) is 0 Å². The summed E-state index contributed by atoms with van der Waals surface area (Å²) in [6.45, 7) is 8.81. The molecule has 0 bridgehead atoms. The van der Waals surface area contributed by atoms with E-state index in [-0.39, 0.29) is 0 Å². The molecule has 0 heterocycles. The smallest absolute Gasteiger partial charge is 0.137 e. The zero-order valence-corrected chi connectivity index (χ0v) is 12.6. The van der Waals surface area contributed by atoms with Gasteiger partial charge in [0, 0.05) is 0 Å². The summed E-state index contributed by atoms with van der Waals surface area (Å²) in [4.78, 5) is 0. The third kappa shape index (κ3) is 4.87. The molecule has 1 N–H and O–H groups in total. The lowest BCUT2D eigenvalue weighted by molar-refractivity contribution is 0.414. The molecule has 1 aromatic carbocycles. The molecule has 0 spiro atoms. The van der Waals surface area contributed by atoms with Gasteiger partial charge in [-0.2, -0.15) is 0 Å². The van der Waals surface area contributed by atoms with Crippen molar-refractivity contribution >= 4 is 11.6 Å². The van der Waals surface area contributed by atoms with Gasteiger partial charge in [0.05, 0.1) is 12.1 Å². The van der Waals surface area contributed by atoms with E-state index in [4.69, 9.17) is 16.3 Å². The molecule has 18 heavy (non-hydrogen) atoms. The van der Waals surface area contributed by atoms with Gasteiger partial charge in [0.2, 0.25) is 0 Å². The zero-order valence-electron chi connectivity index (χ0n) is 11.8. The van der Waals surface area contributed by atoms with Crippen LogP contribution in [0, 0.1) is 5.92 Å². The third-order valence-electron chi connectivity index (χ3n) is 3.05. The van der Waals surface area contributed by atoms with E-state index in [0.717, 1.165) is 25.3 Å². The largest absolute Gasteiger partial charge is 0.495 e. The summed E-state index contributed by atoms with van der Waals surface area (Å²) in [6.07, 6.45) is 1.12. The Morgan fingerprint density at radius 2 is 2.00 bits per heavy atom. The zero-order chi connectivity index (χ0) is 13.5. The minimum Gasteiger partial charge on any atom is -0.495 e. The van der Waals surface area contributed by atoms with Crippen molar-refractivity contribution in [1.29, 1.82) is 0 Å². The predicted molar refractivity (Wildman–Crippen MR) is 78.7 cm³/mol. The molecule has 1 atom stereocenters. The molecule has 0 aliphatic heterocycles. The van der Waals surface area contributed by atoms with Crippen molar-refractivity contribution < 1.29 is 4.74 Å². The van der Waals surface area contributed by atoms with Gasteiger partial charge in [0.25, 0.3) is 0 Å². The van der Waals surface area contributed by atoms with Crippen molar-refractivity contribution in [1.82, 2.24) is 5.32 Å². The second-order valence-electron chi connectivity index (χ2n) is 5.18. The van der Waals surface area contributed by atoms with Crippen LogP contribution in [0.5, 0.6) is 5.75 Å². The molecule has 1 rings (SSSR count). The van der Waals surface area contributed by atoms with Crippen LogP contribution in [0.3, 0.4) is 0 Å². The Hall–Kier alpha value is -0.730. The monoisotopic (exact) mass is 269 g/mol. The van der Waals surface area contributed by atoms with Gasteiger partial charge in [-0.05, 0) is 49.0 Å². The van der Waals surface area contributed by atoms with Crippen molar-refractivity contribution in [2.45, 2.75) is 33.1 Å². The van der Waals surface area contributed by atoms with E-state index in [1.54, 1.807) is 7.11 Å². The minimum atomic E-state index is 0.510. The summed E-state index contributed by atoms with van der Waals surface area (Å²) in [5.41, 5.74) is 1.28. The molecule has 3 heteroatoms. The van der Waals surface area contributed by atoms with Gasteiger partial charge in [-0.25, -0.2) is 0 Å². The molecular weight excluding hydrogens is 246 g/mol. The molecule has 0 aliphatic rings. The lowest BCUT2D eigenvalue weighted by Gasteiger charge is -2.15. The molecular formula is C15H24ClNO. The Kier molecular flexibility index (Phi) is 6.51. The summed E-state index contributed by atoms with van der Waals surface area (Å²) in [7, 11) is 1.65. The minimum absolute atomic E-state index is 0.510. The van der Waals surface area contributed by atoms with Crippen LogP contribution in [0.15, 0.2) is 18.2 Å². The first kappa shape index (κ1) is 15.3. The second kappa shape index (κ2) is 7.65. The normalized spacial score (nSPS) is 12.8. The average molecular weight is 270 g/mol. The van der Waals surface area contributed by atoms with Crippen molar-refractivity contribution in [3.63, 3.8) is 0 Å². The molecule has 0 aliphatic carbocycles. The van der Waals surface area contributed by atoms with Crippen LogP contribution < -0.4 is 10.1 Å². The van der Waals surface area contributed by atoms with E-state index in [9.17, 15) is 0 Å². The summed E-state index contributed by atoms with van der Waals surface area (Å²) < 4.78 is 5.25. The lowest BCUT2D eigenvalue weighted by Crippen LogP contribution is -2.21. The van der Waals surface area contributed by atoms with Gasteiger partial charge in [0.15, 0.2) is 0 Å². The highest BCUT2D eigenvalue weighted by atomic mass is 35.5. The standard InChI is InChI=1S/C15H24ClNO/c1-11(2)10-17-8-7-12(3)13-5-6-14(16)15(9-13)18-4/h5-6,9,11-12,17H,7-8,10H2,1-4H3. The van der Waals surface area contributed by atoms with Crippen LogP contribution >= 0.6 is 11.6 Å². The topological polar surface area (TPSA) is 21.3 Å². The quantitative estimate of drug-likeness (QED) is 0.753. The molecule has 0 radical (unpaired) electrons. The van der Waals surface area contributed by atoms with Crippen molar-refractivity contribution in [2.24, 2.45) is 5.92 Å². The number of methoxy groups -OCH3 is 1. The van der Waals surface area contributed by atoms with E-state index >= 15 is 0 Å². The summed E-state index contributed by atoms with van der Waals surface area (Å²) in [5, 5.41) is 4.14.